The van der Waals surface area contributed by atoms with Crippen LogP contribution in [0.15, 0.2) is 30.3 Å². The number of anilines is 2. The summed E-state index contributed by atoms with van der Waals surface area (Å²) < 4.78 is 16.6. The third-order valence-corrected chi connectivity index (χ3v) is 6.51. The van der Waals surface area contributed by atoms with Gasteiger partial charge in [0.15, 0.2) is 0 Å². The number of carbonyl (C=O) groups is 2. The highest BCUT2D eigenvalue weighted by Gasteiger charge is 2.32. The molecule has 0 radical (unpaired) electrons. The van der Waals surface area contributed by atoms with Crippen LogP contribution >= 0.6 is 0 Å². The van der Waals surface area contributed by atoms with Crippen LogP contribution in [0, 0.1) is 0 Å². The molecule has 0 unspecified atom stereocenters. The largest absolute Gasteiger partial charge is 0.497 e. The maximum absolute atomic E-state index is 13.3. The quantitative estimate of drug-likeness (QED) is 0.448. The summed E-state index contributed by atoms with van der Waals surface area (Å²) >= 11 is 0. The van der Waals surface area contributed by atoms with Crippen molar-refractivity contribution >= 4 is 23.6 Å². The molecule has 0 saturated heterocycles. The Labute approximate surface area is 226 Å². The van der Waals surface area contributed by atoms with E-state index in [1.54, 1.807) is 32.4 Å². The zero-order chi connectivity index (χ0) is 27.9. The number of rotatable bonds is 6. The van der Waals surface area contributed by atoms with Crippen molar-refractivity contribution in [3.05, 3.63) is 41.6 Å². The number of carbonyl (C=O) groups excluding carboxylic acids is 2. The molecule has 1 N–H and O–H groups in total. The molecule has 0 spiro atoms. The summed E-state index contributed by atoms with van der Waals surface area (Å²) in [5.74, 6) is 1.70. The van der Waals surface area contributed by atoms with Crippen LogP contribution in [0.25, 0.3) is 0 Å². The first kappa shape index (κ1) is 29.1. The second-order valence-electron chi connectivity index (χ2n) is 10.3. The Morgan fingerprint density at radius 3 is 2.42 bits per heavy atom. The summed E-state index contributed by atoms with van der Waals surface area (Å²) in [5.41, 5.74) is 1.50. The second kappa shape index (κ2) is 12.8. The maximum atomic E-state index is 13.3. The maximum Gasteiger partial charge on any atom is 0.416 e. The van der Waals surface area contributed by atoms with Crippen molar-refractivity contribution in [3.8, 4) is 11.5 Å². The molecule has 2 aromatic rings. The molecule has 1 saturated carbocycles. The third kappa shape index (κ3) is 7.08. The Kier molecular flexibility index (Phi) is 9.83. The zero-order valence-corrected chi connectivity index (χ0v) is 23.8. The predicted octanol–water partition coefficient (Wildman–Crippen LogP) is 6.75. The van der Waals surface area contributed by atoms with Crippen LogP contribution in [0.4, 0.5) is 21.1 Å². The number of benzene rings is 1. The van der Waals surface area contributed by atoms with Crippen molar-refractivity contribution in [1.82, 2.24) is 9.88 Å². The summed E-state index contributed by atoms with van der Waals surface area (Å²) in [4.78, 5) is 34.3. The van der Waals surface area contributed by atoms with Gasteiger partial charge in [-0.2, -0.15) is 0 Å². The number of urea groups is 1. The lowest BCUT2D eigenvalue weighted by Crippen LogP contribution is -2.46. The average Bonchev–Trinajstić information content (AvgIpc) is 2.91. The molecule has 1 aromatic carbocycles. The third-order valence-electron chi connectivity index (χ3n) is 6.51. The van der Waals surface area contributed by atoms with E-state index in [2.05, 4.69) is 5.32 Å². The van der Waals surface area contributed by atoms with Gasteiger partial charge in [-0.15, -0.1) is 0 Å². The monoisotopic (exact) mass is 526 g/mol. The van der Waals surface area contributed by atoms with Crippen molar-refractivity contribution in [3.63, 3.8) is 0 Å². The van der Waals surface area contributed by atoms with E-state index in [0.29, 0.717) is 29.5 Å². The lowest BCUT2D eigenvalue weighted by atomic mass is 9.94. The number of fused-ring (bicyclic) bond motifs is 1. The Balaban J connectivity index is 0.00000195. The van der Waals surface area contributed by atoms with Gasteiger partial charge < -0.3 is 24.4 Å². The number of pyridine rings is 1. The van der Waals surface area contributed by atoms with Gasteiger partial charge in [-0.3, -0.25) is 4.90 Å². The topological polar surface area (TPSA) is 93.2 Å². The first-order valence-corrected chi connectivity index (χ1v) is 13.5. The Bertz CT molecular complexity index is 1110. The minimum absolute atomic E-state index is 0.0871. The van der Waals surface area contributed by atoms with E-state index in [9.17, 15) is 9.59 Å². The summed E-state index contributed by atoms with van der Waals surface area (Å²) in [5, 5.41) is 2.98. The van der Waals surface area contributed by atoms with Gasteiger partial charge >= 0.3 is 12.1 Å². The van der Waals surface area contributed by atoms with E-state index in [4.69, 9.17) is 19.2 Å². The number of hydrogen-bond acceptors (Lipinski definition) is 6. The number of ether oxygens (including phenoxy) is 3. The zero-order valence-electron chi connectivity index (χ0n) is 23.8. The second-order valence-corrected chi connectivity index (χ2v) is 10.3. The highest BCUT2D eigenvalue weighted by atomic mass is 16.6. The molecular weight excluding hydrogens is 484 g/mol. The smallest absolute Gasteiger partial charge is 0.416 e. The highest BCUT2D eigenvalue weighted by Crippen LogP contribution is 2.32. The number of nitrogens with zero attached hydrogens (tertiary/aromatic N) is 3. The average molecular weight is 527 g/mol. The van der Waals surface area contributed by atoms with Crippen molar-refractivity contribution in [2.75, 3.05) is 24.4 Å². The molecule has 3 amide bonds. The van der Waals surface area contributed by atoms with Gasteiger partial charge in [0.1, 0.15) is 22.9 Å². The summed E-state index contributed by atoms with van der Waals surface area (Å²) in [6, 6.07) is 9.12. The van der Waals surface area contributed by atoms with Crippen LogP contribution in [-0.2, 0) is 17.8 Å². The first-order valence-electron chi connectivity index (χ1n) is 13.5. The molecule has 9 heteroatoms. The lowest BCUT2D eigenvalue weighted by molar-refractivity contribution is 0.0576. The molecule has 2 heterocycles. The van der Waals surface area contributed by atoms with Gasteiger partial charge in [0.05, 0.1) is 38.7 Å². The summed E-state index contributed by atoms with van der Waals surface area (Å²) in [7, 11) is 3.17. The van der Waals surface area contributed by atoms with Crippen LogP contribution in [0.2, 0.25) is 0 Å². The number of aromatic nitrogens is 1. The number of methoxy groups -OCH3 is 2. The fraction of sp³-hybridized carbons (Fsp3) is 0.552. The van der Waals surface area contributed by atoms with Crippen molar-refractivity contribution in [2.24, 2.45) is 0 Å². The first-order chi connectivity index (χ1) is 18.2. The number of hydrogen-bond donors (Lipinski definition) is 1. The fourth-order valence-corrected chi connectivity index (χ4v) is 4.69. The molecule has 0 bridgehead atoms. The molecule has 1 fully saturated rings. The van der Waals surface area contributed by atoms with Gasteiger partial charge in [-0.05, 0) is 57.9 Å². The van der Waals surface area contributed by atoms with Crippen LogP contribution < -0.4 is 19.7 Å². The number of amides is 3. The van der Waals surface area contributed by atoms with Gasteiger partial charge in [-0.25, -0.2) is 14.6 Å². The van der Waals surface area contributed by atoms with Crippen LogP contribution in [-0.4, -0.2) is 47.9 Å². The molecule has 4 rings (SSSR count). The Hall–Kier alpha value is -3.49. The molecule has 0 atom stereocenters. The molecule has 208 valence electrons. The molecular formula is C29H42N4O5. The SMILES string of the molecule is CC.COc1ccc(CN(C(=O)OC(C)(C)C)c2ccc3c(n2)CN(C2CCCCC2)C(=O)N3)c(OC)c1. The van der Waals surface area contributed by atoms with Crippen LogP contribution in [0.5, 0.6) is 11.5 Å². The standard InChI is InChI=1S/C27H36N4O5.C2H6/c1-27(2,3)36-26(33)31(16-18-11-12-20(34-4)15-23(18)35-5)24-14-13-21-22(28-24)17-30(25(32)29-21)19-9-7-6-8-10-19;1-2/h11-15,19H,6-10,16-17H2,1-5H3,(H,29,32);1-2H3. The Morgan fingerprint density at radius 1 is 1.08 bits per heavy atom. The van der Waals surface area contributed by atoms with E-state index < -0.39 is 11.7 Å². The number of nitrogens with one attached hydrogen (secondary N) is 1. The molecule has 1 aliphatic heterocycles. The molecule has 2 aliphatic rings. The fourth-order valence-electron chi connectivity index (χ4n) is 4.69. The predicted molar refractivity (Wildman–Crippen MR) is 149 cm³/mol. The van der Waals surface area contributed by atoms with E-state index >= 15 is 0 Å². The van der Waals surface area contributed by atoms with Crippen LogP contribution in [0.3, 0.4) is 0 Å². The van der Waals surface area contributed by atoms with Gasteiger partial charge in [-0.1, -0.05) is 33.1 Å². The molecule has 38 heavy (non-hydrogen) atoms. The van der Waals surface area contributed by atoms with Crippen LogP contribution in [0.1, 0.15) is 78.0 Å². The summed E-state index contributed by atoms with van der Waals surface area (Å²) in [6.07, 6.45) is 4.96. The molecule has 1 aliphatic carbocycles. The molecule has 1 aromatic heterocycles. The van der Waals surface area contributed by atoms with Crippen molar-refractivity contribution in [1.29, 1.82) is 0 Å². The van der Waals surface area contributed by atoms with E-state index in [1.807, 2.05) is 51.7 Å². The highest BCUT2D eigenvalue weighted by molar-refractivity contribution is 5.93. The van der Waals surface area contributed by atoms with Gasteiger partial charge in [0.2, 0.25) is 0 Å². The van der Waals surface area contributed by atoms with E-state index in [-0.39, 0.29) is 18.6 Å². The van der Waals surface area contributed by atoms with Gasteiger partial charge in [0, 0.05) is 17.7 Å². The normalized spacial score (nSPS) is 15.4. The Morgan fingerprint density at radius 2 is 1.79 bits per heavy atom. The van der Waals surface area contributed by atoms with Crippen molar-refractivity contribution in [2.45, 2.75) is 91.5 Å². The van der Waals surface area contributed by atoms with E-state index in [0.717, 1.165) is 36.9 Å². The van der Waals surface area contributed by atoms with E-state index in [1.165, 1.54) is 11.3 Å². The molecule has 9 nitrogen and oxygen atoms in total. The minimum atomic E-state index is -0.681. The lowest BCUT2D eigenvalue weighted by Gasteiger charge is -2.37. The van der Waals surface area contributed by atoms with Gasteiger partial charge in [0.25, 0.3) is 0 Å². The minimum Gasteiger partial charge on any atom is -0.497 e. The van der Waals surface area contributed by atoms with Crippen molar-refractivity contribution < 1.29 is 23.8 Å². The summed E-state index contributed by atoms with van der Waals surface area (Å²) in [6.45, 7) is 10.1.